The Hall–Kier alpha value is -3.47. The van der Waals surface area contributed by atoms with Crippen molar-refractivity contribution < 1.29 is 18.4 Å². The Kier molecular flexibility index (Phi) is 6.62. The summed E-state index contributed by atoms with van der Waals surface area (Å²) in [7, 11) is 0. The average molecular weight is 412 g/mol. The van der Waals surface area contributed by atoms with Gasteiger partial charge in [0.25, 0.3) is 0 Å². The van der Waals surface area contributed by atoms with Crippen molar-refractivity contribution in [3.05, 3.63) is 65.2 Å². The molecule has 2 aromatic rings. The number of hydrogen-bond acceptors (Lipinski definition) is 3. The predicted molar refractivity (Wildman–Crippen MR) is 107 cm³/mol. The van der Waals surface area contributed by atoms with E-state index in [-0.39, 0.29) is 18.1 Å². The fourth-order valence-electron chi connectivity index (χ4n) is 3.48. The molecule has 3 rings (SSSR count). The molecule has 1 heterocycles. The maximum absolute atomic E-state index is 14.0. The minimum Gasteiger partial charge on any atom is -0.336 e. The number of benzene rings is 2. The lowest BCUT2D eigenvalue weighted by Gasteiger charge is -2.32. The Balaban J connectivity index is 1.63. The molecule has 1 fully saturated rings. The van der Waals surface area contributed by atoms with Gasteiger partial charge in [-0.3, -0.25) is 4.79 Å². The standard InChI is InChI=1S/C22H22F2N4O2/c1-14-4-2-6-17(10-14)26-22(30)28-9-3-5-15(13-28)21(29)27-20(12-25)18-8-7-16(23)11-19(18)24/h2,4,6-8,10-11,15,20H,3,5,9,13H2,1H3,(H,26,30)(H,27,29). The maximum atomic E-state index is 14.0. The van der Waals surface area contributed by atoms with Gasteiger partial charge in [-0.15, -0.1) is 0 Å². The molecule has 1 saturated heterocycles. The number of piperidine rings is 1. The maximum Gasteiger partial charge on any atom is 0.321 e. The van der Waals surface area contributed by atoms with E-state index in [1.807, 2.05) is 31.2 Å². The number of halogens is 2. The molecule has 156 valence electrons. The molecule has 30 heavy (non-hydrogen) atoms. The summed E-state index contributed by atoms with van der Waals surface area (Å²) in [6.07, 6.45) is 1.17. The Labute approximate surface area is 173 Å². The lowest BCUT2D eigenvalue weighted by Crippen LogP contribution is -2.47. The first-order chi connectivity index (χ1) is 14.4. The number of nitrogens with one attached hydrogen (secondary N) is 2. The van der Waals surface area contributed by atoms with E-state index < -0.39 is 29.5 Å². The van der Waals surface area contributed by atoms with Crippen LogP contribution in [0.1, 0.15) is 30.0 Å². The van der Waals surface area contributed by atoms with Crippen LogP contribution in [-0.4, -0.2) is 29.9 Å². The van der Waals surface area contributed by atoms with E-state index >= 15 is 0 Å². The van der Waals surface area contributed by atoms with Crippen molar-refractivity contribution in [2.75, 3.05) is 18.4 Å². The number of nitriles is 1. The highest BCUT2D eigenvalue weighted by Gasteiger charge is 2.30. The molecule has 0 aromatic heterocycles. The number of aryl methyl sites for hydroxylation is 1. The Morgan fingerprint density at radius 1 is 1.23 bits per heavy atom. The van der Waals surface area contributed by atoms with Crippen LogP contribution in [0.5, 0.6) is 0 Å². The summed E-state index contributed by atoms with van der Waals surface area (Å²) in [6.45, 7) is 2.62. The van der Waals surface area contributed by atoms with E-state index in [1.54, 1.807) is 11.0 Å². The summed E-state index contributed by atoms with van der Waals surface area (Å²) in [5, 5.41) is 14.7. The molecule has 1 aliphatic rings. The molecule has 0 radical (unpaired) electrons. The number of likely N-dealkylation sites (tertiary alicyclic amines) is 1. The summed E-state index contributed by atoms with van der Waals surface area (Å²) in [4.78, 5) is 26.8. The van der Waals surface area contributed by atoms with Crippen LogP contribution < -0.4 is 10.6 Å². The lowest BCUT2D eigenvalue weighted by atomic mass is 9.96. The van der Waals surface area contributed by atoms with E-state index in [0.717, 1.165) is 17.7 Å². The second-order valence-electron chi connectivity index (χ2n) is 7.32. The second kappa shape index (κ2) is 9.35. The molecule has 6 nitrogen and oxygen atoms in total. The summed E-state index contributed by atoms with van der Waals surface area (Å²) in [5.41, 5.74) is 1.58. The number of urea groups is 1. The minimum atomic E-state index is -1.24. The van der Waals surface area contributed by atoms with Crippen LogP contribution in [0.3, 0.4) is 0 Å². The molecule has 0 saturated carbocycles. The topological polar surface area (TPSA) is 85.2 Å². The van der Waals surface area contributed by atoms with Crippen LogP contribution >= 0.6 is 0 Å². The van der Waals surface area contributed by atoms with Gasteiger partial charge in [-0.2, -0.15) is 5.26 Å². The molecular formula is C22H22F2N4O2. The Morgan fingerprint density at radius 2 is 2.03 bits per heavy atom. The zero-order chi connectivity index (χ0) is 21.7. The first-order valence-electron chi connectivity index (χ1n) is 9.65. The fraction of sp³-hybridized carbons (Fsp3) is 0.318. The molecule has 8 heteroatoms. The number of carbonyl (C=O) groups is 2. The third kappa shape index (κ3) is 5.11. The summed E-state index contributed by atoms with van der Waals surface area (Å²) < 4.78 is 27.1. The molecule has 3 amide bonds. The van der Waals surface area contributed by atoms with Gasteiger partial charge in [0.15, 0.2) is 0 Å². The van der Waals surface area contributed by atoms with Gasteiger partial charge >= 0.3 is 6.03 Å². The first kappa shape index (κ1) is 21.2. The van der Waals surface area contributed by atoms with Gasteiger partial charge in [-0.05, 0) is 43.5 Å². The highest BCUT2D eigenvalue weighted by atomic mass is 19.1. The molecule has 2 aromatic carbocycles. The van der Waals surface area contributed by atoms with Gasteiger partial charge in [-0.25, -0.2) is 13.6 Å². The monoisotopic (exact) mass is 412 g/mol. The zero-order valence-corrected chi connectivity index (χ0v) is 16.5. The van der Waals surface area contributed by atoms with E-state index in [9.17, 15) is 23.6 Å². The smallest absolute Gasteiger partial charge is 0.321 e. The highest BCUT2D eigenvalue weighted by Crippen LogP contribution is 2.22. The second-order valence-corrected chi connectivity index (χ2v) is 7.32. The molecule has 2 unspecified atom stereocenters. The number of hydrogen-bond donors (Lipinski definition) is 2. The van der Waals surface area contributed by atoms with Crippen molar-refractivity contribution >= 4 is 17.6 Å². The van der Waals surface area contributed by atoms with Crippen molar-refractivity contribution in [1.82, 2.24) is 10.2 Å². The van der Waals surface area contributed by atoms with Crippen LogP contribution in [0.2, 0.25) is 0 Å². The van der Waals surface area contributed by atoms with Crippen LogP contribution in [0, 0.1) is 35.8 Å². The first-order valence-corrected chi connectivity index (χ1v) is 9.65. The van der Waals surface area contributed by atoms with Gasteiger partial charge in [0.1, 0.15) is 17.7 Å². The molecule has 2 N–H and O–H groups in total. The molecule has 1 aliphatic heterocycles. The molecule has 2 atom stereocenters. The van der Waals surface area contributed by atoms with Crippen LogP contribution in [-0.2, 0) is 4.79 Å². The SMILES string of the molecule is Cc1cccc(NC(=O)N2CCCC(C(=O)NC(C#N)c3ccc(F)cc3F)C2)c1. The van der Waals surface area contributed by atoms with Gasteiger partial charge in [0.05, 0.1) is 12.0 Å². The number of amides is 3. The largest absolute Gasteiger partial charge is 0.336 e. The third-order valence-electron chi connectivity index (χ3n) is 5.04. The highest BCUT2D eigenvalue weighted by molar-refractivity contribution is 5.90. The molecule has 0 aliphatic carbocycles. The van der Waals surface area contributed by atoms with Crippen LogP contribution in [0.15, 0.2) is 42.5 Å². The van der Waals surface area contributed by atoms with Crippen molar-refractivity contribution in [3.63, 3.8) is 0 Å². The van der Waals surface area contributed by atoms with Gasteiger partial charge in [0, 0.05) is 30.4 Å². The van der Waals surface area contributed by atoms with E-state index in [4.69, 9.17) is 0 Å². The average Bonchev–Trinajstić information content (AvgIpc) is 2.72. The number of anilines is 1. The van der Waals surface area contributed by atoms with Crippen LogP contribution in [0.25, 0.3) is 0 Å². The third-order valence-corrected chi connectivity index (χ3v) is 5.04. The summed E-state index contributed by atoms with van der Waals surface area (Å²) in [6, 6.07) is 10.5. The van der Waals surface area contributed by atoms with Gasteiger partial charge in [-0.1, -0.05) is 18.2 Å². The van der Waals surface area contributed by atoms with Crippen molar-refractivity contribution in [2.45, 2.75) is 25.8 Å². The summed E-state index contributed by atoms with van der Waals surface area (Å²) >= 11 is 0. The predicted octanol–water partition coefficient (Wildman–Crippen LogP) is 3.90. The number of rotatable bonds is 4. The van der Waals surface area contributed by atoms with Crippen molar-refractivity contribution in [3.8, 4) is 6.07 Å². The normalized spacial score (nSPS) is 17.0. The quantitative estimate of drug-likeness (QED) is 0.799. The van der Waals surface area contributed by atoms with Crippen molar-refractivity contribution in [1.29, 1.82) is 5.26 Å². The summed E-state index contributed by atoms with van der Waals surface area (Å²) in [5.74, 6) is -2.63. The van der Waals surface area contributed by atoms with Gasteiger partial charge < -0.3 is 15.5 Å². The zero-order valence-electron chi connectivity index (χ0n) is 16.5. The Morgan fingerprint density at radius 3 is 2.73 bits per heavy atom. The van der Waals surface area contributed by atoms with Crippen molar-refractivity contribution in [2.24, 2.45) is 5.92 Å². The molecule has 0 bridgehead atoms. The number of nitrogens with zero attached hydrogens (tertiary/aromatic N) is 2. The fourth-order valence-corrected chi connectivity index (χ4v) is 3.48. The van der Waals surface area contributed by atoms with E-state index in [1.165, 1.54) is 0 Å². The van der Waals surface area contributed by atoms with Crippen LogP contribution in [0.4, 0.5) is 19.3 Å². The lowest BCUT2D eigenvalue weighted by molar-refractivity contribution is -0.126. The van der Waals surface area contributed by atoms with E-state index in [0.29, 0.717) is 31.1 Å². The number of carbonyl (C=O) groups excluding carboxylic acids is 2. The Bertz CT molecular complexity index is 989. The molecule has 0 spiro atoms. The van der Waals surface area contributed by atoms with Gasteiger partial charge in [0.2, 0.25) is 5.91 Å². The van der Waals surface area contributed by atoms with E-state index in [2.05, 4.69) is 10.6 Å². The minimum absolute atomic E-state index is 0.0999. The molecular weight excluding hydrogens is 390 g/mol.